The Morgan fingerprint density at radius 2 is 2.33 bits per heavy atom. The van der Waals surface area contributed by atoms with Crippen LogP contribution in [0.25, 0.3) is 0 Å². The van der Waals surface area contributed by atoms with E-state index in [1.165, 1.54) is 0 Å². The summed E-state index contributed by atoms with van der Waals surface area (Å²) in [5.74, 6) is -0.831. The van der Waals surface area contributed by atoms with Crippen LogP contribution in [0.4, 0.5) is 0 Å². The minimum Gasteiger partial charge on any atom is -0.480 e. The molecule has 0 radical (unpaired) electrons. The van der Waals surface area contributed by atoms with Gasteiger partial charge >= 0.3 is 5.97 Å². The molecular weight excluding hydrogens is 120 g/mol. The van der Waals surface area contributed by atoms with E-state index in [-0.39, 0.29) is 6.54 Å². The summed E-state index contributed by atoms with van der Waals surface area (Å²) in [7, 11) is 0. The fourth-order valence-corrected chi connectivity index (χ4v) is 0.497. The molecule has 0 bridgehead atoms. The van der Waals surface area contributed by atoms with Crippen molar-refractivity contribution in [3.05, 3.63) is 0 Å². The zero-order valence-corrected chi connectivity index (χ0v) is 5.50. The van der Waals surface area contributed by atoms with Crippen molar-refractivity contribution >= 4 is 5.97 Å². The molecule has 54 valence electrons. The molecule has 3 N–H and O–H groups in total. The van der Waals surface area contributed by atoms with E-state index in [1.54, 1.807) is 4.90 Å². The average Bonchev–Trinajstić information content (AvgIpc) is 1.82. The third kappa shape index (κ3) is 3.93. The third-order valence-corrected chi connectivity index (χ3v) is 1.06. The summed E-state index contributed by atoms with van der Waals surface area (Å²) < 4.78 is 0. The highest BCUT2D eigenvalue weighted by Gasteiger charge is 2.02. The van der Waals surface area contributed by atoms with Crippen molar-refractivity contribution in [2.45, 2.75) is 6.92 Å². The summed E-state index contributed by atoms with van der Waals surface area (Å²) in [6, 6.07) is 0. The van der Waals surface area contributed by atoms with Gasteiger partial charge in [-0.2, -0.15) is 0 Å². The molecule has 0 unspecified atom stereocenters. The quantitative estimate of drug-likeness (QED) is 0.497. The number of rotatable bonds is 4. The van der Waals surface area contributed by atoms with E-state index in [4.69, 9.17) is 10.8 Å². The fraction of sp³-hybridized carbons (Fsp3) is 0.800. The average molecular weight is 132 g/mol. The summed E-state index contributed by atoms with van der Waals surface area (Å²) in [5, 5.41) is 8.25. The van der Waals surface area contributed by atoms with Crippen molar-refractivity contribution in [1.29, 1.82) is 0 Å². The third-order valence-electron chi connectivity index (χ3n) is 1.06. The van der Waals surface area contributed by atoms with Crippen LogP contribution in [0.1, 0.15) is 6.92 Å². The van der Waals surface area contributed by atoms with Crippen LogP contribution < -0.4 is 5.73 Å². The predicted octanol–water partition coefficient (Wildman–Crippen LogP) is -0.691. The molecule has 0 saturated heterocycles. The van der Waals surface area contributed by atoms with Crippen LogP contribution in [0.3, 0.4) is 0 Å². The lowest BCUT2D eigenvalue weighted by molar-refractivity contribution is -0.138. The van der Waals surface area contributed by atoms with E-state index in [9.17, 15) is 4.79 Å². The van der Waals surface area contributed by atoms with Gasteiger partial charge < -0.3 is 10.8 Å². The van der Waals surface area contributed by atoms with Crippen molar-refractivity contribution in [2.24, 2.45) is 5.73 Å². The monoisotopic (exact) mass is 132 g/mol. The first-order valence-electron chi connectivity index (χ1n) is 2.85. The summed E-state index contributed by atoms with van der Waals surface area (Å²) in [5.41, 5.74) is 5.19. The van der Waals surface area contributed by atoms with Gasteiger partial charge in [0.05, 0.1) is 6.54 Å². The van der Waals surface area contributed by atoms with Crippen LogP contribution >= 0.6 is 0 Å². The highest BCUT2D eigenvalue weighted by Crippen LogP contribution is 1.80. The summed E-state index contributed by atoms with van der Waals surface area (Å²) in [6.07, 6.45) is 0. The smallest absolute Gasteiger partial charge is 0.317 e. The first-order chi connectivity index (χ1) is 4.20. The molecule has 0 amide bonds. The fourth-order valence-electron chi connectivity index (χ4n) is 0.497. The Labute approximate surface area is 54.3 Å². The van der Waals surface area contributed by atoms with Gasteiger partial charge in [0, 0.05) is 6.67 Å². The Balaban J connectivity index is 3.43. The van der Waals surface area contributed by atoms with Crippen LogP contribution in [-0.2, 0) is 4.79 Å². The Kier molecular flexibility index (Phi) is 4.00. The molecule has 0 spiro atoms. The van der Waals surface area contributed by atoms with E-state index in [2.05, 4.69) is 0 Å². The lowest BCUT2D eigenvalue weighted by Gasteiger charge is -2.13. The maximum Gasteiger partial charge on any atom is 0.317 e. The van der Waals surface area contributed by atoms with E-state index in [0.29, 0.717) is 13.2 Å². The standard InChI is InChI=1S/C5H12N2O2/c1-2-7(4-6)3-5(8)9/h2-4,6H2,1H3,(H,8,9). The minimum atomic E-state index is -0.831. The number of nitrogens with two attached hydrogens (primary N) is 1. The zero-order chi connectivity index (χ0) is 7.28. The second kappa shape index (κ2) is 4.29. The van der Waals surface area contributed by atoms with Crippen molar-refractivity contribution < 1.29 is 9.90 Å². The molecule has 0 saturated carbocycles. The molecule has 0 aliphatic rings. The topological polar surface area (TPSA) is 66.6 Å². The number of likely N-dealkylation sites (N-methyl/N-ethyl adjacent to an activating group) is 1. The second-order valence-corrected chi connectivity index (χ2v) is 1.72. The van der Waals surface area contributed by atoms with Crippen LogP contribution in [0.15, 0.2) is 0 Å². The molecule has 4 heteroatoms. The van der Waals surface area contributed by atoms with Gasteiger partial charge in [-0.3, -0.25) is 9.69 Å². The molecule has 0 heterocycles. The molecule has 0 fully saturated rings. The predicted molar refractivity (Wildman–Crippen MR) is 33.9 cm³/mol. The molecule has 0 atom stereocenters. The SMILES string of the molecule is CCN(CN)CC(=O)O. The first-order valence-corrected chi connectivity index (χ1v) is 2.85. The first kappa shape index (κ1) is 8.39. The van der Waals surface area contributed by atoms with E-state index >= 15 is 0 Å². The van der Waals surface area contributed by atoms with Crippen molar-refractivity contribution in [1.82, 2.24) is 4.90 Å². The minimum absolute atomic E-state index is 0.0347. The molecule has 0 aliphatic carbocycles. The van der Waals surface area contributed by atoms with Gasteiger partial charge in [-0.15, -0.1) is 0 Å². The van der Waals surface area contributed by atoms with E-state index in [0.717, 1.165) is 0 Å². The number of carbonyl (C=O) groups is 1. The molecule has 0 aromatic heterocycles. The van der Waals surface area contributed by atoms with Crippen LogP contribution in [0, 0.1) is 0 Å². The van der Waals surface area contributed by atoms with Crippen LogP contribution in [-0.4, -0.2) is 35.7 Å². The highest BCUT2D eigenvalue weighted by atomic mass is 16.4. The molecule has 9 heavy (non-hydrogen) atoms. The Morgan fingerprint density at radius 1 is 1.78 bits per heavy atom. The molecule has 0 aromatic carbocycles. The van der Waals surface area contributed by atoms with Gasteiger partial charge in [-0.25, -0.2) is 0 Å². The molecule has 0 aliphatic heterocycles. The number of carboxylic acid groups (broad SMARTS) is 1. The van der Waals surface area contributed by atoms with E-state index < -0.39 is 5.97 Å². The van der Waals surface area contributed by atoms with Gasteiger partial charge in [-0.05, 0) is 6.54 Å². The van der Waals surface area contributed by atoms with Crippen molar-refractivity contribution in [3.8, 4) is 0 Å². The number of aliphatic carboxylic acids is 1. The van der Waals surface area contributed by atoms with Crippen LogP contribution in [0.5, 0.6) is 0 Å². The Hall–Kier alpha value is -0.610. The second-order valence-electron chi connectivity index (χ2n) is 1.72. The highest BCUT2D eigenvalue weighted by molar-refractivity contribution is 5.69. The Bertz CT molecular complexity index is 91.0. The lowest BCUT2D eigenvalue weighted by Crippen LogP contribution is -2.34. The normalized spacial score (nSPS) is 10.1. The molecule has 4 nitrogen and oxygen atoms in total. The van der Waals surface area contributed by atoms with Gasteiger partial charge in [0.15, 0.2) is 0 Å². The van der Waals surface area contributed by atoms with Gasteiger partial charge in [0.2, 0.25) is 0 Å². The summed E-state index contributed by atoms with van der Waals surface area (Å²) >= 11 is 0. The summed E-state index contributed by atoms with van der Waals surface area (Å²) in [4.78, 5) is 11.7. The zero-order valence-electron chi connectivity index (χ0n) is 5.50. The molecular formula is C5H12N2O2. The number of hydrogen-bond donors (Lipinski definition) is 2. The number of nitrogens with zero attached hydrogens (tertiary/aromatic N) is 1. The van der Waals surface area contributed by atoms with Gasteiger partial charge in [-0.1, -0.05) is 6.92 Å². The summed E-state index contributed by atoms with van der Waals surface area (Å²) in [6.45, 7) is 2.90. The Morgan fingerprint density at radius 3 is 2.44 bits per heavy atom. The largest absolute Gasteiger partial charge is 0.480 e. The number of carboxylic acids is 1. The van der Waals surface area contributed by atoms with Crippen molar-refractivity contribution in [2.75, 3.05) is 19.8 Å². The van der Waals surface area contributed by atoms with Crippen molar-refractivity contribution in [3.63, 3.8) is 0 Å². The lowest BCUT2D eigenvalue weighted by atomic mass is 10.5. The maximum absolute atomic E-state index is 10.0. The number of hydrogen-bond acceptors (Lipinski definition) is 3. The van der Waals surface area contributed by atoms with Crippen LogP contribution in [0.2, 0.25) is 0 Å². The van der Waals surface area contributed by atoms with E-state index in [1.807, 2.05) is 6.92 Å². The molecule has 0 aromatic rings. The molecule has 0 rings (SSSR count). The van der Waals surface area contributed by atoms with Gasteiger partial charge in [0.1, 0.15) is 0 Å². The van der Waals surface area contributed by atoms with Gasteiger partial charge in [0.25, 0.3) is 0 Å². The maximum atomic E-state index is 10.0.